The molecule has 1 aliphatic carbocycles. The Labute approximate surface area is 144 Å². The zero-order valence-corrected chi connectivity index (χ0v) is 15.4. The lowest BCUT2D eigenvalue weighted by atomic mass is 9.71. The van der Waals surface area contributed by atoms with Gasteiger partial charge in [-0.3, -0.25) is 9.69 Å². The first-order valence-electron chi connectivity index (χ1n) is 9.10. The number of carbonyl (C=O) groups excluding carboxylic acids is 2. The molecule has 1 saturated carbocycles. The predicted octanol–water partition coefficient (Wildman–Crippen LogP) is 2.42. The van der Waals surface area contributed by atoms with Crippen LogP contribution in [0.15, 0.2) is 0 Å². The van der Waals surface area contributed by atoms with Crippen molar-refractivity contribution >= 4 is 12.1 Å². The van der Waals surface area contributed by atoms with E-state index in [0.29, 0.717) is 6.61 Å². The molecule has 2 heterocycles. The van der Waals surface area contributed by atoms with Gasteiger partial charge in [0.25, 0.3) is 0 Å². The lowest BCUT2D eigenvalue weighted by Crippen LogP contribution is -2.65. The van der Waals surface area contributed by atoms with Crippen molar-refractivity contribution in [2.24, 2.45) is 5.41 Å². The van der Waals surface area contributed by atoms with Gasteiger partial charge in [0, 0.05) is 26.2 Å². The normalized spacial score (nSPS) is 25.1. The Morgan fingerprint density at radius 1 is 1.04 bits per heavy atom. The Morgan fingerprint density at radius 3 is 2.08 bits per heavy atom. The molecule has 0 atom stereocenters. The van der Waals surface area contributed by atoms with Crippen LogP contribution in [0.25, 0.3) is 0 Å². The number of nitrogens with zero attached hydrogens (tertiary/aromatic N) is 2. The van der Waals surface area contributed by atoms with Crippen LogP contribution >= 0.6 is 0 Å². The number of esters is 1. The predicted molar refractivity (Wildman–Crippen MR) is 89.6 cm³/mol. The summed E-state index contributed by atoms with van der Waals surface area (Å²) in [6.07, 6.45) is 3.61. The fourth-order valence-electron chi connectivity index (χ4n) is 3.91. The molecule has 6 heteroatoms. The molecular weight excluding hydrogens is 308 g/mol. The van der Waals surface area contributed by atoms with Gasteiger partial charge in [-0.15, -0.1) is 0 Å². The van der Waals surface area contributed by atoms with Crippen LogP contribution in [0.2, 0.25) is 0 Å². The van der Waals surface area contributed by atoms with E-state index in [-0.39, 0.29) is 23.0 Å². The van der Waals surface area contributed by atoms with E-state index in [0.717, 1.165) is 51.9 Å². The van der Waals surface area contributed by atoms with Gasteiger partial charge in [0.05, 0.1) is 6.61 Å². The first-order valence-corrected chi connectivity index (χ1v) is 9.10. The highest BCUT2D eigenvalue weighted by atomic mass is 16.6. The number of piperidine rings is 1. The van der Waals surface area contributed by atoms with E-state index in [2.05, 4.69) is 4.90 Å². The molecule has 6 nitrogen and oxygen atoms in total. The maximum atomic E-state index is 12.2. The summed E-state index contributed by atoms with van der Waals surface area (Å²) in [6, 6.07) is 0. The molecule has 3 aliphatic rings. The van der Waals surface area contributed by atoms with Gasteiger partial charge >= 0.3 is 12.1 Å². The molecule has 0 radical (unpaired) electrons. The van der Waals surface area contributed by atoms with Crippen LogP contribution in [0.3, 0.4) is 0 Å². The maximum Gasteiger partial charge on any atom is 0.410 e. The van der Waals surface area contributed by atoms with Crippen LogP contribution in [-0.4, -0.2) is 65.8 Å². The molecule has 0 N–H and O–H groups in total. The van der Waals surface area contributed by atoms with Crippen molar-refractivity contribution in [1.82, 2.24) is 9.80 Å². The van der Waals surface area contributed by atoms with Crippen LogP contribution in [0.5, 0.6) is 0 Å². The number of hydrogen-bond donors (Lipinski definition) is 0. The number of carbonyl (C=O) groups is 2. The Balaban J connectivity index is 1.49. The van der Waals surface area contributed by atoms with E-state index in [1.54, 1.807) is 0 Å². The fraction of sp³-hybridized carbons (Fsp3) is 0.889. The van der Waals surface area contributed by atoms with E-state index in [9.17, 15) is 9.59 Å². The van der Waals surface area contributed by atoms with Gasteiger partial charge in [-0.25, -0.2) is 4.79 Å². The molecule has 3 rings (SSSR count). The number of amides is 1. The van der Waals surface area contributed by atoms with Crippen LogP contribution in [0.4, 0.5) is 4.79 Å². The molecule has 1 spiro atoms. The number of rotatable bonds is 3. The fourth-order valence-corrected chi connectivity index (χ4v) is 3.91. The largest absolute Gasteiger partial charge is 0.465 e. The van der Waals surface area contributed by atoms with E-state index in [1.165, 1.54) is 0 Å². The second-order valence-electron chi connectivity index (χ2n) is 8.58. The molecule has 2 saturated heterocycles. The Hall–Kier alpha value is -1.30. The Kier molecular flexibility index (Phi) is 4.31. The van der Waals surface area contributed by atoms with Gasteiger partial charge in [0.1, 0.15) is 11.1 Å². The molecule has 0 aromatic carbocycles. The highest BCUT2D eigenvalue weighted by molar-refractivity contribution is 5.84. The summed E-state index contributed by atoms with van der Waals surface area (Å²) in [5.41, 5.74) is -0.512. The maximum absolute atomic E-state index is 12.2. The van der Waals surface area contributed by atoms with Gasteiger partial charge in [0.15, 0.2) is 0 Å². The molecule has 2 aliphatic heterocycles. The third kappa shape index (κ3) is 3.25. The Bertz CT molecular complexity index is 506. The quantitative estimate of drug-likeness (QED) is 0.740. The summed E-state index contributed by atoms with van der Waals surface area (Å²) in [5, 5.41) is 0. The highest BCUT2D eigenvalue weighted by Crippen LogP contribution is 2.52. The van der Waals surface area contributed by atoms with E-state index in [4.69, 9.17) is 9.47 Å². The number of ether oxygens (including phenoxy) is 2. The molecule has 24 heavy (non-hydrogen) atoms. The molecular formula is C18H30N2O4. The van der Waals surface area contributed by atoms with Gasteiger partial charge < -0.3 is 14.4 Å². The lowest BCUT2D eigenvalue weighted by molar-refractivity contribution is -0.160. The first-order chi connectivity index (χ1) is 11.2. The molecule has 136 valence electrons. The van der Waals surface area contributed by atoms with Crippen molar-refractivity contribution < 1.29 is 19.1 Å². The van der Waals surface area contributed by atoms with E-state index >= 15 is 0 Å². The monoisotopic (exact) mass is 338 g/mol. The Morgan fingerprint density at radius 2 is 1.62 bits per heavy atom. The summed E-state index contributed by atoms with van der Waals surface area (Å²) < 4.78 is 10.7. The zero-order chi connectivity index (χ0) is 17.6. The average molecular weight is 338 g/mol. The highest BCUT2D eigenvalue weighted by Gasteiger charge is 2.62. The third-order valence-electron chi connectivity index (χ3n) is 5.51. The minimum atomic E-state index is -0.447. The van der Waals surface area contributed by atoms with Crippen molar-refractivity contribution in [2.75, 3.05) is 32.8 Å². The van der Waals surface area contributed by atoms with Crippen molar-refractivity contribution in [2.45, 2.75) is 64.5 Å². The minimum absolute atomic E-state index is 0.0500. The number of likely N-dealkylation sites (tertiary alicyclic amines) is 2. The second-order valence-corrected chi connectivity index (χ2v) is 8.58. The molecule has 0 aromatic heterocycles. The smallest absolute Gasteiger partial charge is 0.410 e. The molecule has 0 aromatic rings. The van der Waals surface area contributed by atoms with E-state index in [1.807, 2.05) is 32.6 Å². The van der Waals surface area contributed by atoms with E-state index < -0.39 is 5.60 Å². The summed E-state index contributed by atoms with van der Waals surface area (Å²) in [5.74, 6) is -0.0500. The second kappa shape index (κ2) is 5.90. The molecule has 0 bridgehead atoms. The van der Waals surface area contributed by atoms with Crippen LogP contribution < -0.4 is 0 Å². The third-order valence-corrected chi connectivity index (χ3v) is 5.51. The van der Waals surface area contributed by atoms with Gasteiger partial charge in [-0.1, -0.05) is 0 Å². The van der Waals surface area contributed by atoms with Crippen LogP contribution in [-0.2, 0) is 14.3 Å². The van der Waals surface area contributed by atoms with Crippen molar-refractivity contribution in [3.8, 4) is 0 Å². The van der Waals surface area contributed by atoms with Crippen molar-refractivity contribution in [3.63, 3.8) is 0 Å². The summed E-state index contributed by atoms with van der Waals surface area (Å²) in [6.45, 7) is 11.4. The average Bonchev–Trinajstić information content (AvgIpc) is 3.25. The lowest BCUT2D eigenvalue weighted by Gasteiger charge is -2.56. The first kappa shape index (κ1) is 17.5. The molecule has 1 amide bonds. The standard InChI is InChI=1S/C18H30N2O4/c1-5-23-14(21)18(6-7-18)20-12-17(13-20)8-10-19(11-9-17)15(22)24-16(2,3)4/h5-13H2,1-4H3. The summed E-state index contributed by atoms with van der Waals surface area (Å²) in [7, 11) is 0. The van der Waals surface area contributed by atoms with Gasteiger partial charge in [-0.05, 0) is 58.8 Å². The van der Waals surface area contributed by atoms with Gasteiger partial charge in [-0.2, -0.15) is 0 Å². The molecule has 0 unspecified atom stereocenters. The SMILES string of the molecule is CCOC(=O)C1(N2CC3(CCN(C(=O)OC(C)(C)C)CC3)C2)CC1. The van der Waals surface area contributed by atoms with Crippen molar-refractivity contribution in [3.05, 3.63) is 0 Å². The van der Waals surface area contributed by atoms with Crippen LogP contribution in [0, 0.1) is 5.41 Å². The minimum Gasteiger partial charge on any atom is -0.465 e. The topological polar surface area (TPSA) is 59.1 Å². The number of hydrogen-bond acceptors (Lipinski definition) is 5. The van der Waals surface area contributed by atoms with Gasteiger partial charge in [0.2, 0.25) is 0 Å². The zero-order valence-electron chi connectivity index (χ0n) is 15.4. The van der Waals surface area contributed by atoms with Crippen molar-refractivity contribution in [1.29, 1.82) is 0 Å². The van der Waals surface area contributed by atoms with Crippen LogP contribution in [0.1, 0.15) is 53.4 Å². The summed E-state index contributed by atoms with van der Waals surface area (Å²) in [4.78, 5) is 28.4. The summed E-state index contributed by atoms with van der Waals surface area (Å²) >= 11 is 0. The molecule has 3 fully saturated rings.